The van der Waals surface area contributed by atoms with E-state index < -0.39 is 24.3 Å². The molecule has 1 heterocycles. The SMILES string of the molecule is COC(=O)N1C(c2ccccc2)C=CC(c2ccccc2)N1C(=O)OC. The van der Waals surface area contributed by atoms with Gasteiger partial charge in [-0.15, -0.1) is 0 Å². The van der Waals surface area contributed by atoms with Crippen LogP contribution < -0.4 is 0 Å². The molecule has 3 rings (SSSR count). The molecule has 0 N–H and O–H groups in total. The highest BCUT2D eigenvalue weighted by atomic mass is 16.6. The number of rotatable bonds is 2. The molecule has 2 unspecified atom stereocenters. The van der Waals surface area contributed by atoms with Crippen LogP contribution in [0.2, 0.25) is 0 Å². The van der Waals surface area contributed by atoms with Crippen LogP contribution in [0.5, 0.6) is 0 Å². The zero-order chi connectivity index (χ0) is 18.5. The second kappa shape index (κ2) is 7.74. The lowest BCUT2D eigenvalue weighted by Gasteiger charge is -2.43. The van der Waals surface area contributed by atoms with E-state index in [1.54, 1.807) is 0 Å². The summed E-state index contributed by atoms with van der Waals surface area (Å²) in [6.45, 7) is 0. The van der Waals surface area contributed by atoms with Crippen LogP contribution in [0.4, 0.5) is 9.59 Å². The minimum atomic E-state index is -0.644. The molecule has 1 aliphatic heterocycles. The Labute approximate surface area is 152 Å². The number of hydrazine groups is 1. The molecule has 0 fully saturated rings. The van der Waals surface area contributed by atoms with Crippen LogP contribution in [0, 0.1) is 0 Å². The quantitative estimate of drug-likeness (QED) is 0.764. The van der Waals surface area contributed by atoms with Crippen LogP contribution in [-0.4, -0.2) is 36.4 Å². The third-order valence-corrected chi connectivity index (χ3v) is 4.24. The monoisotopic (exact) mass is 352 g/mol. The summed E-state index contributed by atoms with van der Waals surface area (Å²) in [5.74, 6) is 0. The average molecular weight is 352 g/mol. The number of amides is 2. The third kappa shape index (κ3) is 3.26. The maximum atomic E-state index is 12.6. The van der Waals surface area contributed by atoms with Gasteiger partial charge in [0.05, 0.1) is 14.2 Å². The molecule has 0 aliphatic carbocycles. The van der Waals surface area contributed by atoms with Gasteiger partial charge in [-0.2, -0.15) is 0 Å². The first-order valence-electron chi connectivity index (χ1n) is 8.20. The smallest absolute Gasteiger partial charge is 0.429 e. The van der Waals surface area contributed by atoms with Crippen LogP contribution in [-0.2, 0) is 9.47 Å². The van der Waals surface area contributed by atoms with Crippen LogP contribution in [0.15, 0.2) is 72.8 Å². The van der Waals surface area contributed by atoms with Crippen molar-refractivity contribution in [3.05, 3.63) is 83.9 Å². The summed E-state index contributed by atoms with van der Waals surface area (Å²) >= 11 is 0. The highest BCUT2D eigenvalue weighted by Gasteiger charge is 2.41. The minimum Gasteiger partial charge on any atom is -0.451 e. The molecular weight excluding hydrogens is 332 g/mol. The Hall–Kier alpha value is -3.28. The van der Waals surface area contributed by atoms with E-state index in [1.165, 1.54) is 24.2 Å². The van der Waals surface area contributed by atoms with E-state index in [-0.39, 0.29) is 0 Å². The van der Waals surface area contributed by atoms with Gasteiger partial charge in [0, 0.05) is 0 Å². The molecule has 0 aromatic heterocycles. The topological polar surface area (TPSA) is 59.1 Å². The summed E-state index contributed by atoms with van der Waals surface area (Å²) in [6.07, 6.45) is 2.50. The lowest BCUT2D eigenvalue weighted by atomic mass is 9.99. The first-order chi connectivity index (χ1) is 12.7. The van der Waals surface area contributed by atoms with E-state index in [0.717, 1.165) is 11.1 Å². The Morgan fingerprint density at radius 2 is 1.04 bits per heavy atom. The lowest BCUT2D eigenvalue weighted by Crippen LogP contribution is -2.54. The van der Waals surface area contributed by atoms with Crippen LogP contribution in [0.3, 0.4) is 0 Å². The number of carbonyl (C=O) groups excluding carboxylic acids is 2. The molecule has 6 heteroatoms. The zero-order valence-corrected chi connectivity index (χ0v) is 14.6. The van der Waals surface area contributed by atoms with Gasteiger partial charge in [-0.25, -0.2) is 19.6 Å². The van der Waals surface area contributed by atoms with Crippen molar-refractivity contribution in [2.24, 2.45) is 0 Å². The molecule has 0 saturated carbocycles. The molecule has 2 atom stereocenters. The molecular formula is C20H20N2O4. The van der Waals surface area contributed by atoms with Crippen molar-refractivity contribution in [1.82, 2.24) is 10.0 Å². The van der Waals surface area contributed by atoms with Crippen molar-refractivity contribution in [2.45, 2.75) is 12.1 Å². The van der Waals surface area contributed by atoms with Crippen molar-refractivity contribution in [3.8, 4) is 0 Å². The number of nitrogens with zero attached hydrogens (tertiary/aromatic N) is 2. The summed E-state index contributed by atoms with van der Waals surface area (Å²) in [5.41, 5.74) is 1.71. The summed E-state index contributed by atoms with van der Waals surface area (Å²) in [5, 5.41) is 2.58. The molecule has 1 aliphatic rings. The predicted octanol–water partition coefficient (Wildman–Crippen LogP) is 4.09. The molecule has 2 amide bonds. The van der Waals surface area contributed by atoms with E-state index in [2.05, 4.69) is 0 Å². The number of hydrogen-bond acceptors (Lipinski definition) is 4. The highest BCUT2D eigenvalue weighted by molar-refractivity contribution is 5.76. The summed E-state index contributed by atoms with van der Waals surface area (Å²) in [7, 11) is 2.57. The maximum Gasteiger partial charge on any atom is 0.429 e. The fourth-order valence-corrected chi connectivity index (χ4v) is 3.04. The van der Waals surface area contributed by atoms with Crippen molar-refractivity contribution in [1.29, 1.82) is 0 Å². The summed E-state index contributed by atoms with van der Waals surface area (Å²) in [4.78, 5) is 25.2. The van der Waals surface area contributed by atoms with Gasteiger partial charge < -0.3 is 9.47 Å². The Morgan fingerprint density at radius 1 is 0.692 bits per heavy atom. The first-order valence-corrected chi connectivity index (χ1v) is 8.20. The van der Waals surface area contributed by atoms with Crippen molar-refractivity contribution >= 4 is 12.2 Å². The highest BCUT2D eigenvalue weighted by Crippen LogP contribution is 2.37. The van der Waals surface area contributed by atoms with Gasteiger partial charge >= 0.3 is 12.2 Å². The molecule has 6 nitrogen and oxygen atoms in total. The van der Waals surface area contributed by atoms with E-state index in [1.807, 2.05) is 72.8 Å². The van der Waals surface area contributed by atoms with Gasteiger partial charge in [0.15, 0.2) is 0 Å². The lowest BCUT2D eigenvalue weighted by molar-refractivity contribution is -0.0491. The Balaban J connectivity index is 2.12. The van der Waals surface area contributed by atoms with Gasteiger partial charge in [-0.1, -0.05) is 72.8 Å². The molecule has 26 heavy (non-hydrogen) atoms. The first kappa shape index (κ1) is 17.5. The number of methoxy groups -OCH3 is 2. The Bertz CT molecular complexity index is 724. The van der Waals surface area contributed by atoms with Crippen LogP contribution in [0.1, 0.15) is 23.2 Å². The van der Waals surface area contributed by atoms with E-state index in [0.29, 0.717) is 0 Å². The Morgan fingerprint density at radius 3 is 1.35 bits per heavy atom. The molecule has 2 aromatic carbocycles. The van der Waals surface area contributed by atoms with Gasteiger partial charge in [-0.3, -0.25) is 0 Å². The van der Waals surface area contributed by atoms with Gasteiger partial charge in [-0.05, 0) is 11.1 Å². The number of hydrogen-bond donors (Lipinski definition) is 0. The molecule has 0 bridgehead atoms. The average Bonchev–Trinajstić information content (AvgIpc) is 2.72. The summed E-state index contributed by atoms with van der Waals surface area (Å²) < 4.78 is 9.91. The van der Waals surface area contributed by atoms with Gasteiger partial charge in [0.1, 0.15) is 12.1 Å². The van der Waals surface area contributed by atoms with Crippen molar-refractivity contribution in [2.75, 3.05) is 14.2 Å². The van der Waals surface area contributed by atoms with Crippen molar-refractivity contribution < 1.29 is 19.1 Å². The zero-order valence-electron chi connectivity index (χ0n) is 14.6. The van der Waals surface area contributed by atoms with Gasteiger partial charge in [0.25, 0.3) is 0 Å². The largest absolute Gasteiger partial charge is 0.451 e. The number of benzene rings is 2. The number of ether oxygens (including phenoxy) is 2. The minimum absolute atomic E-state index is 0.484. The fraction of sp³-hybridized carbons (Fsp3) is 0.200. The van der Waals surface area contributed by atoms with E-state index >= 15 is 0 Å². The molecule has 0 spiro atoms. The van der Waals surface area contributed by atoms with Crippen LogP contribution in [0.25, 0.3) is 0 Å². The second-order valence-corrected chi connectivity index (χ2v) is 5.73. The number of carbonyl (C=O) groups is 2. The van der Waals surface area contributed by atoms with Gasteiger partial charge in [0.2, 0.25) is 0 Å². The molecule has 2 aromatic rings. The molecule has 0 radical (unpaired) electrons. The van der Waals surface area contributed by atoms with Crippen molar-refractivity contribution in [3.63, 3.8) is 0 Å². The van der Waals surface area contributed by atoms with Crippen LogP contribution >= 0.6 is 0 Å². The normalized spacial score (nSPS) is 19.2. The predicted molar refractivity (Wildman–Crippen MR) is 96.0 cm³/mol. The summed E-state index contributed by atoms with van der Waals surface area (Å²) in [6, 6.07) is 17.9. The van der Waals surface area contributed by atoms with E-state index in [9.17, 15) is 9.59 Å². The maximum absolute atomic E-state index is 12.6. The standard InChI is InChI=1S/C20H20N2O4/c1-25-19(23)21-17(15-9-5-3-6-10-15)13-14-18(22(21)20(24)26-2)16-11-7-4-8-12-16/h3-14,17-18H,1-2H3. The molecule has 0 saturated heterocycles. The fourth-order valence-electron chi connectivity index (χ4n) is 3.04. The second-order valence-electron chi connectivity index (χ2n) is 5.73. The molecule has 134 valence electrons. The van der Waals surface area contributed by atoms with E-state index in [4.69, 9.17) is 9.47 Å². The third-order valence-electron chi connectivity index (χ3n) is 4.24. The Kier molecular flexibility index (Phi) is 5.22.